The molecule has 0 saturated heterocycles. The Kier molecular flexibility index (Phi) is 2.16. The number of ketones is 1. The van der Waals surface area contributed by atoms with E-state index in [0.29, 0.717) is 6.54 Å². The predicted octanol–water partition coefficient (Wildman–Crippen LogP) is 1.05. The summed E-state index contributed by atoms with van der Waals surface area (Å²) in [7, 11) is 0. The van der Waals surface area contributed by atoms with Gasteiger partial charge in [-0.05, 0) is 12.3 Å². The van der Waals surface area contributed by atoms with E-state index in [0.717, 1.165) is 5.88 Å². The van der Waals surface area contributed by atoms with E-state index in [-0.39, 0.29) is 5.78 Å². The molecule has 3 heteroatoms. The van der Waals surface area contributed by atoms with Crippen LogP contribution in [0.25, 0.3) is 0 Å². The molecular weight excluding hydrogens is 134 g/mol. The number of rotatable bonds is 2. The lowest BCUT2D eigenvalue weighted by molar-refractivity contribution is -0.117. The van der Waals surface area contributed by atoms with Crippen molar-refractivity contribution in [1.29, 1.82) is 0 Å². The molecule has 0 N–H and O–H groups in total. The molecule has 0 spiro atoms. The van der Waals surface area contributed by atoms with Gasteiger partial charge in [0.2, 0.25) is 0 Å². The topological polar surface area (TPSA) is 20.3 Å². The zero-order valence-electron chi connectivity index (χ0n) is 5.33. The number of carbonyl (C=O) groups excluding carboxylic acids is 1. The van der Waals surface area contributed by atoms with Gasteiger partial charge in [-0.15, -0.1) is 11.8 Å². The molecule has 0 amide bonds. The van der Waals surface area contributed by atoms with Gasteiger partial charge in [0.05, 0.1) is 12.4 Å². The number of hydrogen-bond acceptors (Lipinski definition) is 3. The summed E-state index contributed by atoms with van der Waals surface area (Å²) < 4.78 is 0. The van der Waals surface area contributed by atoms with Crippen LogP contribution in [-0.4, -0.2) is 23.1 Å². The van der Waals surface area contributed by atoms with Crippen LogP contribution in [0.15, 0.2) is 11.6 Å². The van der Waals surface area contributed by atoms with Gasteiger partial charge in [0.15, 0.2) is 0 Å². The fraction of sp³-hybridized carbons (Fsp3) is 0.500. The van der Waals surface area contributed by atoms with Gasteiger partial charge in [-0.2, -0.15) is 0 Å². The Morgan fingerprint density at radius 2 is 2.67 bits per heavy atom. The zero-order valence-corrected chi connectivity index (χ0v) is 6.15. The van der Waals surface area contributed by atoms with Crippen LogP contribution in [0, 0.1) is 0 Å². The van der Waals surface area contributed by atoms with Crippen molar-refractivity contribution < 1.29 is 4.79 Å². The van der Waals surface area contributed by atoms with Crippen LogP contribution in [0.2, 0.25) is 0 Å². The van der Waals surface area contributed by atoms with E-state index in [2.05, 4.69) is 0 Å². The summed E-state index contributed by atoms with van der Waals surface area (Å²) in [6, 6.07) is 0. The van der Waals surface area contributed by atoms with Gasteiger partial charge in [0, 0.05) is 6.20 Å². The number of Topliss-reactive ketones (excluding diaryl/α,β-unsaturated/α-hetero) is 1. The van der Waals surface area contributed by atoms with E-state index in [1.807, 2.05) is 16.5 Å². The first-order valence-corrected chi connectivity index (χ1v) is 3.85. The monoisotopic (exact) mass is 143 g/mol. The Hall–Kier alpha value is -0.440. The van der Waals surface area contributed by atoms with E-state index in [1.165, 1.54) is 0 Å². The highest BCUT2D eigenvalue weighted by molar-refractivity contribution is 8.02. The third kappa shape index (κ3) is 2.10. The highest BCUT2D eigenvalue weighted by Crippen LogP contribution is 2.13. The van der Waals surface area contributed by atoms with Crippen molar-refractivity contribution >= 4 is 17.5 Å². The molecule has 1 rings (SSSR count). The van der Waals surface area contributed by atoms with Crippen molar-refractivity contribution in [3.05, 3.63) is 11.6 Å². The van der Waals surface area contributed by atoms with Crippen molar-refractivity contribution in [2.24, 2.45) is 0 Å². The lowest BCUT2D eigenvalue weighted by Gasteiger charge is -2.10. The summed E-state index contributed by atoms with van der Waals surface area (Å²) in [5.41, 5.74) is 0. The zero-order chi connectivity index (χ0) is 6.69. The van der Waals surface area contributed by atoms with Crippen molar-refractivity contribution in [1.82, 2.24) is 4.90 Å². The molecule has 0 atom stereocenters. The maximum Gasteiger partial charge on any atom is 0.149 e. The van der Waals surface area contributed by atoms with Crippen LogP contribution in [0.3, 0.4) is 0 Å². The third-order valence-corrected chi connectivity index (χ3v) is 1.83. The molecular formula is C6H9NOS. The summed E-state index contributed by atoms with van der Waals surface area (Å²) in [6.07, 6.45) is 1.95. The van der Waals surface area contributed by atoms with Crippen molar-refractivity contribution in [2.75, 3.05) is 12.4 Å². The van der Waals surface area contributed by atoms with Crippen molar-refractivity contribution in [3.8, 4) is 0 Å². The van der Waals surface area contributed by atoms with Gasteiger partial charge in [0.25, 0.3) is 0 Å². The van der Waals surface area contributed by atoms with Crippen LogP contribution in [0.4, 0.5) is 0 Å². The van der Waals surface area contributed by atoms with Gasteiger partial charge in [0.1, 0.15) is 5.78 Å². The summed E-state index contributed by atoms with van der Waals surface area (Å²) in [6.45, 7) is 2.17. The minimum atomic E-state index is 0.224. The van der Waals surface area contributed by atoms with E-state index in [9.17, 15) is 4.79 Å². The molecule has 0 radical (unpaired) electrons. The lowest BCUT2D eigenvalue weighted by Crippen LogP contribution is -2.20. The number of hydrogen-bond donors (Lipinski definition) is 0. The molecule has 0 fully saturated rings. The second-order valence-corrected chi connectivity index (χ2v) is 2.89. The third-order valence-electron chi connectivity index (χ3n) is 1.03. The normalized spacial score (nSPS) is 16.8. The number of carbonyl (C=O) groups is 1. The average molecular weight is 143 g/mol. The maximum absolute atomic E-state index is 10.5. The lowest BCUT2D eigenvalue weighted by atomic mass is 10.4. The fourth-order valence-electron chi connectivity index (χ4n) is 0.695. The molecule has 9 heavy (non-hydrogen) atoms. The Labute approximate surface area is 58.9 Å². The molecule has 0 bridgehead atoms. The summed E-state index contributed by atoms with van der Waals surface area (Å²) in [5, 5.41) is 2.00. The minimum absolute atomic E-state index is 0.224. The predicted molar refractivity (Wildman–Crippen MR) is 39.0 cm³/mol. The average Bonchev–Trinajstić information content (AvgIpc) is 2.15. The molecule has 1 aliphatic heterocycles. The van der Waals surface area contributed by atoms with Crippen molar-refractivity contribution in [2.45, 2.75) is 6.92 Å². The smallest absolute Gasteiger partial charge is 0.149 e. The van der Waals surface area contributed by atoms with Crippen LogP contribution in [-0.2, 0) is 4.79 Å². The Balaban J connectivity index is 2.28. The van der Waals surface area contributed by atoms with Gasteiger partial charge in [-0.1, -0.05) is 0 Å². The van der Waals surface area contributed by atoms with Crippen LogP contribution in [0.5, 0.6) is 0 Å². The fourth-order valence-corrected chi connectivity index (χ4v) is 1.41. The summed E-state index contributed by atoms with van der Waals surface area (Å²) in [5.74, 6) is 1.15. The molecule has 0 aromatic rings. The molecule has 2 nitrogen and oxygen atoms in total. The minimum Gasteiger partial charge on any atom is -0.360 e. The maximum atomic E-state index is 10.5. The van der Waals surface area contributed by atoms with Crippen LogP contribution >= 0.6 is 11.8 Å². The van der Waals surface area contributed by atoms with Crippen LogP contribution in [0.1, 0.15) is 6.92 Å². The highest BCUT2D eigenvalue weighted by Gasteiger charge is 2.05. The molecule has 50 valence electrons. The van der Waals surface area contributed by atoms with Crippen LogP contribution < -0.4 is 0 Å². The second-order valence-electron chi connectivity index (χ2n) is 2.03. The standard InChI is InChI=1S/C6H9NOS/c1-6(8)4-7-2-3-9-5-7/h2-3H,4-5H2,1H3. The van der Waals surface area contributed by atoms with Crippen molar-refractivity contribution in [3.63, 3.8) is 0 Å². The Morgan fingerprint density at radius 1 is 1.89 bits per heavy atom. The van der Waals surface area contributed by atoms with E-state index < -0.39 is 0 Å². The summed E-state index contributed by atoms with van der Waals surface area (Å²) >= 11 is 1.72. The molecule has 1 heterocycles. The Morgan fingerprint density at radius 3 is 3.11 bits per heavy atom. The van der Waals surface area contributed by atoms with E-state index >= 15 is 0 Å². The quantitative estimate of drug-likeness (QED) is 0.576. The van der Waals surface area contributed by atoms with E-state index in [1.54, 1.807) is 18.7 Å². The first kappa shape index (κ1) is 6.68. The number of thioether (sulfide) groups is 1. The summed E-state index contributed by atoms with van der Waals surface area (Å²) in [4.78, 5) is 12.5. The second kappa shape index (κ2) is 2.92. The molecule has 0 unspecified atom stereocenters. The van der Waals surface area contributed by atoms with Gasteiger partial charge < -0.3 is 4.90 Å². The number of nitrogens with zero attached hydrogens (tertiary/aromatic N) is 1. The van der Waals surface area contributed by atoms with E-state index in [4.69, 9.17) is 0 Å². The first-order valence-electron chi connectivity index (χ1n) is 2.81. The Bertz CT molecular complexity index is 144. The van der Waals surface area contributed by atoms with Gasteiger partial charge >= 0.3 is 0 Å². The largest absolute Gasteiger partial charge is 0.360 e. The first-order chi connectivity index (χ1) is 4.29. The molecule has 0 aromatic heterocycles. The van der Waals surface area contributed by atoms with Gasteiger partial charge in [-0.3, -0.25) is 4.79 Å². The molecule has 1 aliphatic rings. The molecule has 0 aliphatic carbocycles. The highest BCUT2D eigenvalue weighted by atomic mass is 32.2. The van der Waals surface area contributed by atoms with Gasteiger partial charge in [-0.25, -0.2) is 0 Å². The SMILES string of the molecule is CC(=O)CN1C=CSC1. The molecule has 0 saturated carbocycles. The molecule has 0 aromatic carbocycles.